The van der Waals surface area contributed by atoms with E-state index in [1.165, 1.54) is 15.9 Å². The first-order valence-corrected chi connectivity index (χ1v) is 15.9. The third-order valence-corrected chi connectivity index (χ3v) is 12.5. The fourth-order valence-corrected chi connectivity index (χ4v) is 9.51. The summed E-state index contributed by atoms with van der Waals surface area (Å²) in [6.45, 7) is 5.17. The molecule has 3 aromatic rings. The molecule has 0 aliphatic carbocycles. The zero-order chi connectivity index (χ0) is 26.1. The zero-order valence-corrected chi connectivity index (χ0v) is 23.0. The van der Waals surface area contributed by atoms with Gasteiger partial charge in [-0.25, -0.2) is 0 Å². The molecule has 36 heavy (non-hydrogen) atoms. The van der Waals surface area contributed by atoms with Crippen LogP contribution in [0.2, 0.25) is 0 Å². The molecule has 6 nitrogen and oxygen atoms in total. The summed E-state index contributed by atoms with van der Waals surface area (Å²) in [5.41, 5.74) is -0.611. The van der Waals surface area contributed by atoms with Gasteiger partial charge in [-0.05, 0) is 0 Å². The maximum atomic E-state index is 12.6. The van der Waals surface area contributed by atoms with Crippen LogP contribution >= 0.6 is 15.1 Å². The van der Waals surface area contributed by atoms with Crippen molar-refractivity contribution in [1.29, 1.82) is 0 Å². The number of hydrogen-bond donors (Lipinski definition) is 1. The van der Waals surface area contributed by atoms with Crippen molar-refractivity contribution in [1.82, 2.24) is 0 Å². The normalized spacial score (nSPS) is 14.1. The molecule has 0 heterocycles. The van der Waals surface area contributed by atoms with Gasteiger partial charge in [-0.3, -0.25) is 0 Å². The molecule has 194 valence electrons. The van der Waals surface area contributed by atoms with E-state index < -0.39 is 20.5 Å². The van der Waals surface area contributed by atoms with Crippen molar-refractivity contribution in [2.45, 2.75) is 27.2 Å². The summed E-state index contributed by atoms with van der Waals surface area (Å²) in [6.07, 6.45) is 1.17. The van der Waals surface area contributed by atoms with Crippen LogP contribution in [0.4, 0.5) is 0 Å². The second-order valence-electron chi connectivity index (χ2n) is 9.26. The summed E-state index contributed by atoms with van der Waals surface area (Å²) >= 11 is 0. The number of phosphoric acid groups is 1. The summed E-state index contributed by atoms with van der Waals surface area (Å²) in [5.74, 6) is -0.369. The summed E-state index contributed by atoms with van der Waals surface area (Å²) in [7, 11) is -6.91. The molecule has 8 heteroatoms. The standard InChI is InChI=1S/C28H36O6P2/c1-4-28(2,3)27(29)32-20-21-33-36(30,31)34-22-23-35(24-14-8-5-9-15-24,25-16-10-6-11-17-25)26-18-12-7-13-19-26/h5-19,35H,4,20-23H2,1-3H3,(H,30,31). The Balaban J connectivity index is 1.74. The number of phosphoric ester groups is 1. The summed E-state index contributed by atoms with van der Waals surface area (Å²) in [6, 6.07) is 30.8. The van der Waals surface area contributed by atoms with Gasteiger partial charge in [0.15, 0.2) is 0 Å². The SMILES string of the molecule is CCC(C)(C)C(=O)OCCOP(=O)(O)OCC[PH](c1ccccc1)(c1ccccc1)c1ccccc1. The Morgan fingerprint density at radius 3 is 1.61 bits per heavy atom. The van der Waals surface area contributed by atoms with Crippen LogP contribution in [-0.4, -0.2) is 36.8 Å². The predicted octanol–water partition coefficient (Wildman–Crippen LogP) is 4.83. The molecule has 0 amide bonds. The van der Waals surface area contributed by atoms with E-state index in [9.17, 15) is 14.3 Å². The summed E-state index contributed by atoms with van der Waals surface area (Å²) < 4.78 is 28.3. The van der Waals surface area contributed by atoms with Crippen molar-refractivity contribution in [2.24, 2.45) is 5.41 Å². The monoisotopic (exact) mass is 530 g/mol. The second-order valence-corrected chi connectivity index (χ2v) is 14.8. The molecule has 3 rings (SSSR count). The number of hydrogen-bond acceptors (Lipinski definition) is 5. The van der Waals surface area contributed by atoms with Crippen molar-refractivity contribution in [2.75, 3.05) is 26.0 Å². The predicted molar refractivity (Wildman–Crippen MR) is 148 cm³/mol. The fraction of sp³-hybridized carbons (Fsp3) is 0.321. The van der Waals surface area contributed by atoms with Gasteiger partial charge >= 0.3 is 215 Å². The molecule has 0 aliphatic rings. The molecular weight excluding hydrogens is 494 g/mol. The first-order chi connectivity index (χ1) is 17.2. The Bertz CT molecular complexity index is 1040. The number of carbonyl (C=O) groups excluding carboxylic acids is 1. The number of benzene rings is 3. The first-order valence-electron chi connectivity index (χ1n) is 12.2. The zero-order valence-electron chi connectivity index (χ0n) is 21.1. The molecule has 0 aromatic heterocycles. The third kappa shape index (κ3) is 7.12. The van der Waals surface area contributed by atoms with Crippen LogP contribution in [0.1, 0.15) is 27.2 Å². The quantitative estimate of drug-likeness (QED) is 0.194. The Labute approximate surface area is 214 Å². The van der Waals surface area contributed by atoms with Crippen molar-refractivity contribution in [3.05, 3.63) is 91.0 Å². The van der Waals surface area contributed by atoms with Crippen LogP contribution in [0, 0.1) is 5.41 Å². The van der Waals surface area contributed by atoms with Gasteiger partial charge in [0.2, 0.25) is 0 Å². The number of carbonyl (C=O) groups is 1. The number of rotatable bonds is 13. The van der Waals surface area contributed by atoms with Crippen LogP contribution < -0.4 is 15.9 Å². The van der Waals surface area contributed by atoms with E-state index in [1.54, 1.807) is 13.8 Å². The van der Waals surface area contributed by atoms with Gasteiger partial charge in [-0.2, -0.15) is 0 Å². The third-order valence-electron chi connectivity index (χ3n) is 6.54. The van der Waals surface area contributed by atoms with E-state index in [2.05, 4.69) is 36.4 Å². The second kappa shape index (κ2) is 12.8. The van der Waals surface area contributed by atoms with Crippen LogP contribution in [0.3, 0.4) is 0 Å². The van der Waals surface area contributed by atoms with E-state index in [1.807, 2.05) is 61.5 Å². The molecule has 1 atom stereocenters. The molecule has 0 spiro atoms. The Kier molecular flexibility index (Phi) is 10.0. The molecule has 1 N–H and O–H groups in total. The van der Waals surface area contributed by atoms with Crippen LogP contribution in [0.5, 0.6) is 0 Å². The van der Waals surface area contributed by atoms with E-state index >= 15 is 0 Å². The van der Waals surface area contributed by atoms with Crippen molar-refractivity contribution in [3.8, 4) is 0 Å². The number of ether oxygens (including phenoxy) is 1. The van der Waals surface area contributed by atoms with Crippen molar-refractivity contribution < 1.29 is 28.0 Å². The Hall–Kier alpha value is -2.33. The molecule has 0 radical (unpaired) electrons. The minimum atomic E-state index is -4.33. The van der Waals surface area contributed by atoms with Gasteiger partial charge < -0.3 is 0 Å². The average Bonchev–Trinajstić information content (AvgIpc) is 2.90. The fourth-order valence-electron chi connectivity index (χ4n) is 4.08. The van der Waals surface area contributed by atoms with Gasteiger partial charge in [0.25, 0.3) is 0 Å². The first kappa shape index (κ1) is 28.2. The molecule has 0 saturated carbocycles. The van der Waals surface area contributed by atoms with Crippen LogP contribution in [0.25, 0.3) is 0 Å². The van der Waals surface area contributed by atoms with Gasteiger partial charge in [0, 0.05) is 0 Å². The summed E-state index contributed by atoms with van der Waals surface area (Å²) in [4.78, 5) is 22.4. The van der Waals surface area contributed by atoms with Gasteiger partial charge in [0.1, 0.15) is 0 Å². The topological polar surface area (TPSA) is 82.1 Å². The van der Waals surface area contributed by atoms with E-state index in [4.69, 9.17) is 13.8 Å². The van der Waals surface area contributed by atoms with Gasteiger partial charge in [0.05, 0.1) is 0 Å². The van der Waals surface area contributed by atoms with Crippen LogP contribution in [-0.2, 0) is 23.1 Å². The van der Waals surface area contributed by atoms with Crippen molar-refractivity contribution >= 4 is 37.0 Å². The molecule has 0 aliphatic heterocycles. The van der Waals surface area contributed by atoms with Crippen LogP contribution in [0.15, 0.2) is 91.0 Å². The summed E-state index contributed by atoms with van der Waals surface area (Å²) in [5, 5.41) is 3.56. The average molecular weight is 531 g/mol. The molecular formula is C28H36O6P2. The molecule has 0 bridgehead atoms. The number of esters is 1. The Morgan fingerprint density at radius 1 is 0.778 bits per heavy atom. The van der Waals surface area contributed by atoms with E-state index in [0.29, 0.717) is 12.6 Å². The maximum absolute atomic E-state index is 12.6. The Morgan fingerprint density at radius 2 is 1.19 bits per heavy atom. The van der Waals surface area contributed by atoms with E-state index in [-0.39, 0.29) is 25.8 Å². The minimum absolute atomic E-state index is 0.0291. The van der Waals surface area contributed by atoms with Gasteiger partial charge in [-0.1, -0.05) is 0 Å². The van der Waals surface area contributed by atoms with Gasteiger partial charge in [-0.15, -0.1) is 0 Å². The van der Waals surface area contributed by atoms with E-state index in [0.717, 1.165) is 0 Å². The molecule has 3 aromatic carbocycles. The molecule has 0 saturated heterocycles. The molecule has 0 fully saturated rings. The molecule has 1 unspecified atom stereocenters. The van der Waals surface area contributed by atoms with Crippen molar-refractivity contribution in [3.63, 3.8) is 0 Å².